The highest BCUT2D eigenvalue weighted by atomic mass is 16.7. The number of carbonyl (C=O) groups excluding carboxylic acids is 2. The van der Waals surface area contributed by atoms with E-state index in [1.165, 1.54) is 0 Å². The van der Waals surface area contributed by atoms with Crippen LogP contribution in [0.4, 0.5) is 0 Å². The van der Waals surface area contributed by atoms with Gasteiger partial charge in [0, 0.05) is 5.92 Å². The van der Waals surface area contributed by atoms with Crippen molar-refractivity contribution in [2.24, 2.45) is 11.8 Å². The average molecular weight is 258 g/mol. The molecule has 3 fully saturated rings. The molecule has 18 heavy (non-hydrogen) atoms. The van der Waals surface area contributed by atoms with Gasteiger partial charge in [-0.2, -0.15) is 0 Å². The molecule has 3 aliphatic heterocycles. The van der Waals surface area contributed by atoms with Crippen LogP contribution in [-0.4, -0.2) is 52.4 Å². The molecule has 7 nitrogen and oxygen atoms in total. The van der Waals surface area contributed by atoms with E-state index in [1.807, 2.05) is 0 Å². The number of carbonyl (C=O) groups is 2. The first-order valence-corrected chi connectivity index (χ1v) is 5.83. The zero-order chi connectivity index (χ0) is 13.3. The summed E-state index contributed by atoms with van der Waals surface area (Å²) in [4.78, 5) is 23.7. The highest BCUT2D eigenvalue weighted by molar-refractivity contribution is 5.91. The molecule has 0 unspecified atom stereocenters. The normalized spacial score (nSPS) is 54.7. The van der Waals surface area contributed by atoms with Crippen molar-refractivity contribution >= 4 is 11.9 Å². The number of ether oxygens (including phenoxy) is 3. The molecule has 100 valence electrons. The number of hydrogen-bond donors (Lipinski definition) is 2. The minimum Gasteiger partial charge on any atom is -0.450 e. The van der Waals surface area contributed by atoms with Gasteiger partial charge in [-0.15, -0.1) is 0 Å². The van der Waals surface area contributed by atoms with E-state index in [4.69, 9.17) is 14.2 Å². The Morgan fingerprint density at radius 1 is 1.33 bits per heavy atom. The van der Waals surface area contributed by atoms with Crippen LogP contribution >= 0.6 is 0 Å². The molecule has 1 spiro atoms. The van der Waals surface area contributed by atoms with E-state index in [9.17, 15) is 19.8 Å². The van der Waals surface area contributed by atoms with Gasteiger partial charge in [-0.05, 0) is 0 Å². The lowest BCUT2D eigenvalue weighted by molar-refractivity contribution is -0.269. The van der Waals surface area contributed by atoms with E-state index in [0.29, 0.717) is 0 Å². The fraction of sp³-hybridized carbons (Fsp3) is 0.818. The first-order chi connectivity index (χ1) is 8.34. The number of esters is 2. The molecule has 0 amide bonds. The molecular formula is C11H14O7. The third-order valence-corrected chi connectivity index (χ3v) is 4.30. The second-order valence-electron chi connectivity index (χ2n) is 5.13. The smallest absolute Gasteiger partial charge is 0.357 e. The van der Waals surface area contributed by atoms with Crippen LogP contribution in [0.25, 0.3) is 0 Å². The Labute approximate surface area is 103 Å². The van der Waals surface area contributed by atoms with Gasteiger partial charge < -0.3 is 24.4 Å². The molecule has 3 rings (SSSR count). The van der Waals surface area contributed by atoms with Crippen molar-refractivity contribution in [3.8, 4) is 0 Å². The van der Waals surface area contributed by atoms with Gasteiger partial charge >= 0.3 is 11.9 Å². The first kappa shape index (κ1) is 11.9. The van der Waals surface area contributed by atoms with Crippen molar-refractivity contribution in [2.75, 3.05) is 6.61 Å². The lowest BCUT2D eigenvalue weighted by Crippen LogP contribution is -2.61. The number of hydrogen-bond acceptors (Lipinski definition) is 7. The summed E-state index contributed by atoms with van der Waals surface area (Å²) in [7, 11) is 0. The molecular weight excluding hydrogens is 244 g/mol. The molecule has 0 bridgehead atoms. The number of fused-ring (bicyclic) bond motifs is 2. The van der Waals surface area contributed by atoms with Crippen LogP contribution in [0.5, 0.6) is 0 Å². The Morgan fingerprint density at radius 3 is 2.56 bits per heavy atom. The predicted octanol–water partition coefficient (Wildman–Crippen LogP) is -1.44. The van der Waals surface area contributed by atoms with Crippen LogP contribution in [-0.2, 0) is 23.8 Å². The van der Waals surface area contributed by atoms with Crippen LogP contribution in [0, 0.1) is 11.8 Å². The quantitative estimate of drug-likeness (QED) is 0.513. The molecule has 6 atom stereocenters. The van der Waals surface area contributed by atoms with E-state index in [0.717, 1.165) is 0 Å². The van der Waals surface area contributed by atoms with Gasteiger partial charge in [-0.25, -0.2) is 4.79 Å². The zero-order valence-corrected chi connectivity index (χ0v) is 9.95. The molecule has 0 aromatic carbocycles. The van der Waals surface area contributed by atoms with Gasteiger partial charge in [0.1, 0.15) is 6.10 Å². The zero-order valence-electron chi connectivity index (χ0n) is 9.95. The fourth-order valence-corrected chi connectivity index (χ4v) is 3.00. The van der Waals surface area contributed by atoms with E-state index in [1.54, 1.807) is 13.8 Å². The lowest BCUT2D eigenvalue weighted by Gasteiger charge is -2.34. The highest BCUT2D eigenvalue weighted by Crippen LogP contribution is 2.54. The van der Waals surface area contributed by atoms with Crippen molar-refractivity contribution in [1.82, 2.24) is 0 Å². The van der Waals surface area contributed by atoms with E-state index in [2.05, 4.69) is 0 Å². The van der Waals surface area contributed by atoms with E-state index >= 15 is 0 Å². The summed E-state index contributed by atoms with van der Waals surface area (Å²) in [6.07, 6.45) is -2.34. The Kier molecular flexibility index (Phi) is 2.13. The summed E-state index contributed by atoms with van der Waals surface area (Å²) in [5, 5.41) is 20.2. The van der Waals surface area contributed by atoms with Crippen LogP contribution in [0.3, 0.4) is 0 Å². The molecule has 0 saturated carbocycles. The van der Waals surface area contributed by atoms with Crippen molar-refractivity contribution in [3.05, 3.63) is 0 Å². The molecule has 7 heteroatoms. The summed E-state index contributed by atoms with van der Waals surface area (Å²) in [6, 6.07) is 0. The number of rotatable bonds is 0. The summed E-state index contributed by atoms with van der Waals surface area (Å²) in [5.41, 5.74) is -1.87. The molecule has 2 N–H and O–H groups in total. The van der Waals surface area contributed by atoms with Gasteiger partial charge in [0.2, 0.25) is 0 Å². The fourth-order valence-electron chi connectivity index (χ4n) is 3.00. The van der Waals surface area contributed by atoms with Gasteiger partial charge in [-0.1, -0.05) is 13.8 Å². The third kappa shape index (κ3) is 1.01. The van der Waals surface area contributed by atoms with Gasteiger partial charge in [0.25, 0.3) is 11.4 Å². The predicted molar refractivity (Wildman–Crippen MR) is 53.9 cm³/mol. The lowest BCUT2D eigenvalue weighted by atomic mass is 9.77. The van der Waals surface area contributed by atoms with Gasteiger partial charge in [0.15, 0.2) is 6.10 Å². The van der Waals surface area contributed by atoms with E-state index < -0.39 is 47.4 Å². The minimum atomic E-state index is -2.11. The minimum absolute atomic E-state index is 0.172. The Bertz CT molecular complexity index is 435. The van der Waals surface area contributed by atoms with Gasteiger partial charge in [0.05, 0.1) is 12.5 Å². The second-order valence-corrected chi connectivity index (χ2v) is 5.13. The van der Waals surface area contributed by atoms with Crippen molar-refractivity contribution in [2.45, 2.75) is 37.4 Å². The average Bonchev–Trinajstić information content (AvgIpc) is 2.82. The van der Waals surface area contributed by atoms with Crippen molar-refractivity contribution in [3.63, 3.8) is 0 Å². The molecule has 3 saturated heterocycles. The number of aliphatic hydroxyl groups excluding tert-OH is 1. The SMILES string of the molecule is C[C@@H]1C(=O)O[C@@]2(C(=O)O[C@@H]3[C@@H](O)CO[C@]32O)[C@H]1C. The molecule has 0 aliphatic carbocycles. The monoisotopic (exact) mass is 258 g/mol. The van der Waals surface area contributed by atoms with Crippen LogP contribution in [0.15, 0.2) is 0 Å². The number of aliphatic hydroxyl groups is 2. The maximum Gasteiger partial charge on any atom is 0.357 e. The molecule has 3 aliphatic rings. The topological polar surface area (TPSA) is 102 Å². The standard InChI is InChI=1S/C11H14O7/c1-4-5(2)10(18-8(4)13)9(14)17-7-6(12)3-16-11(7,10)15/h4-7,12,15H,3H2,1-2H3/t4-,5-,6-,7+,10+,11+/m0/s1. The molecule has 3 heterocycles. The maximum atomic E-state index is 12.0. The first-order valence-electron chi connectivity index (χ1n) is 5.83. The summed E-state index contributed by atoms with van der Waals surface area (Å²) in [6.45, 7) is 3.05. The summed E-state index contributed by atoms with van der Waals surface area (Å²) < 4.78 is 15.2. The molecule has 0 radical (unpaired) electrons. The highest BCUT2D eigenvalue weighted by Gasteiger charge is 2.80. The van der Waals surface area contributed by atoms with E-state index in [-0.39, 0.29) is 6.61 Å². The molecule has 0 aromatic rings. The van der Waals surface area contributed by atoms with Crippen LogP contribution in [0.1, 0.15) is 13.8 Å². The Morgan fingerprint density at radius 2 is 2.00 bits per heavy atom. The van der Waals surface area contributed by atoms with Gasteiger partial charge in [-0.3, -0.25) is 4.79 Å². The van der Waals surface area contributed by atoms with Crippen molar-refractivity contribution < 1.29 is 34.0 Å². The molecule has 0 aromatic heterocycles. The van der Waals surface area contributed by atoms with Crippen LogP contribution in [0.2, 0.25) is 0 Å². The Hall–Kier alpha value is -1.18. The third-order valence-electron chi connectivity index (χ3n) is 4.30. The summed E-state index contributed by atoms with van der Waals surface area (Å²) in [5.74, 6) is -4.71. The largest absolute Gasteiger partial charge is 0.450 e. The Balaban J connectivity index is 2.11. The maximum absolute atomic E-state index is 12.0. The van der Waals surface area contributed by atoms with Crippen LogP contribution < -0.4 is 0 Å². The van der Waals surface area contributed by atoms with Crippen molar-refractivity contribution in [1.29, 1.82) is 0 Å². The second kappa shape index (κ2) is 3.23. The summed E-state index contributed by atoms with van der Waals surface area (Å²) >= 11 is 0.